The average molecular weight is 305 g/mol. The van der Waals surface area contributed by atoms with Gasteiger partial charge in [0.2, 0.25) is 0 Å². The molecule has 4 rings (SSSR count). The molecule has 114 valence electrons. The Bertz CT molecular complexity index is 506. The van der Waals surface area contributed by atoms with Crippen molar-refractivity contribution >= 4 is 11.6 Å². The van der Waals surface area contributed by atoms with Crippen LogP contribution in [0, 0.1) is 5.92 Å². The summed E-state index contributed by atoms with van der Waals surface area (Å²) in [6.45, 7) is 0. The number of hydrogen-bond donors (Lipinski definition) is 0. The van der Waals surface area contributed by atoms with E-state index in [1.165, 1.54) is 56.1 Å². The molecular weight excluding hydrogens is 280 g/mol. The lowest BCUT2D eigenvalue weighted by atomic mass is 9.83. The van der Waals surface area contributed by atoms with Crippen molar-refractivity contribution in [2.45, 2.75) is 74.9 Å². The largest absolute Gasteiger partial charge is 0.372 e. The van der Waals surface area contributed by atoms with Crippen molar-refractivity contribution in [3.8, 4) is 0 Å². The van der Waals surface area contributed by atoms with Crippen LogP contribution in [0.3, 0.4) is 0 Å². The molecule has 2 fully saturated rings. The predicted octanol–water partition coefficient (Wildman–Crippen LogP) is 5.41. The summed E-state index contributed by atoms with van der Waals surface area (Å²) in [6, 6.07) is 8.68. The van der Waals surface area contributed by atoms with Gasteiger partial charge in [-0.15, -0.1) is 11.6 Å². The van der Waals surface area contributed by atoms with Crippen LogP contribution >= 0.6 is 11.6 Å². The molecule has 1 saturated carbocycles. The normalized spacial score (nSPS) is 34.2. The summed E-state index contributed by atoms with van der Waals surface area (Å²) in [6.07, 6.45) is 12.0. The monoisotopic (exact) mass is 304 g/mol. The summed E-state index contributed by atoms with van der Waals surface area (Å²) in [7, 11) is 0. The highest BCUT2D eigenvalue weighted by molar-refractivity contribution is 6.21. The van der Waals surface area contributed by atoms with Crippen LogP contribution in [0.2, 0.25) is 0 Å². The van der Waals surface area contributed by atoms with Crippen LogP contribution in [0.25, 0.3) is 0 Å². The molecule has 1 spiro atoms. The smallest absolute Gasteiger partial charge is 0.0687 e. The highest BCUT2D eigenvalue weighted by Gasteiger charge is 2.42. The lowest BCUT2D eigenvalue weighted by Crippen LogP contribution is -2.32. The molecule has 2 aliphatic carbocycles. The summed E-state index contributed by atoms with van der Waals surface area (Å²) in [4.78, 5) is 0. The Morgan fingerprint density at radius 3 is 2.71 bits per heavy atom. The van der Waals surface area contributed by atoms with E-state index in [1.54, 1.807) is 0 Å². The molecule has 3 unspecified atom stereocenters. The second-order valence-corrected chi connectivity index (χ2v) is 7.79. The van der Waals surface area contributed by atoms with E-state index in [1.807, 2.05) is 0 Å². The molecule has 1 aromatic carbocycles. The fourth-order valence-electron chi connectivity index (χ4n) is 4.79. The van der Waals surface area contributed by atoms with Gasteiger partial charge in [-0.2, -0.15) is 0 Å². The first-order chi connectivity index (χ1) is 10.3. The third-order valence-corrected chi connectivity index (χ3v) is 6.51. The Balaban J connectivity index is 1.40. The first-order valence-corrected chi connectivity index (χ1v) is 9.09. The SMILES string of the molecule is ClC1c2ccccc2CC1CC1CCC2(CCCCC2)O1. The van der Waals surface area contributed by atoms with Crippen LogP contribution in [-0.2, 0) is 11.2 Å². The van der Waals surface area contributed by atoms with Gasteiger partial charge in [0.05, 0.1) is 17.1 Å². The van der Waals surface area contributed by atoms with Crippen molar-refractivity contribution < 1.29 is 4.74 Å². The van der Waals surface area contributed by atoms with Gasteiger partial charge >= 0.3 is 0 Å². The van der Waals surface area contributed by atoms with Crippen LogP contribution in [0.1, 0.15) is 67.9 Å². The molecule has 1 heterocycles. The number of alkyl halides is 1. The van der Waals surface area contributed by atoms with E-state index < -0.39 is 0 Å². The zero-order valence-electron chi connectivity index (χ0n) is 12.7. The van der Waals surface area contributed by atoms with E-state index in [0.717, 1.165) is 12.8 Å². The second kappa shape index (κ2) is 5.59. The molecule has 3 aliphatic rings. The van der Waals surface area contributed by atoms with Gasteiger partial charge in [0.1, 0.15) is 0 Å². The van der Waals surface area contributed by atoms with Gasteiger partial charge in [-0.3, -0.25) is 0 Å². The molecule has 1 saturated heterocycles. The van der Waals surface area contributed by atoms with Crippen molar-refractivity contribution in [1.29, 1.82) is 0 Å². The topological polar surface area (TPSA) is 9.23 Å². The van der Waals surface area contributed by atoms with E-state index in [9.17, 15) is 0 Å². The fourth-order valence-corrected chi connectivity index (χ4v) is 5.20. The molecule has 21 heavy (non-hydrogen) atoms. The molecule has 2 heteroatoms. The number of fused-ring (bicyclic) bond motifs is 1. The fraction of sp³-hybridized carbons (Fsp3) is 0.684. The number of rotatable bonds is 2. The summed E-state index contributed by atoms with van der Waals surface area (Å²) >= 11 is 6.71. The van der Waals surface area contributed by atoms with Gasteiger partial charge < -0.3 is 4.74 Å². The van der Waals surface area contributed by atoms with Gasteiger partial charge in [-0.25, -0.2) is 0 Å². The van der Waals surface area contributed by atoms with Crippen LogP contribution in [0.4, 0.5) is 0 Å². The molecule has 1 nitrogen and oxygen atoms in total. The zero-order chi connectivity index (χ0) is 14.3. The van der Waals surface area contributed by atoms with Crippen molar-refractivity contribution in [1.82, 2.24) is 0 Å². The van der Waals surface area contributed by atoms with Crippen LogP contribution in [0.5, 0.6) is 0 Å². The summed E-state index contributed by atoms with van der Waals surface area (Å²) in [5, 5.41) is 0.188. The maximum atomic E-state index is 6.71. The zero-order valence-corrected chi connectivity index (χ0v) is 13.4. The Morgan fingerprint density at radius 1 is 1.10 bits per heavy atom. The Hall–Kier alpha value is -0.530. The van der Waals surface area contributed by atoms with Gasteiger partial charge in [-0.1, -0.05) is 43.5 Å². The predicted molar refractivity (Wildman–Crippen MR) is 86.8 cm³/mol. The molecule has 0 N–H and O–H groups in total. The molecule has 0 bridgehead atoms. The van der Waals surface area contributed by atoms with Crippen LogP contribution in [0.15, 0.2) is 24.3 Å². The molecule has 0 radical (unpaired) electrons. The Labute approximate surface area is 133 Å². The highest BCUT2D eigenvalue weighted by Crippen LogP contribution is 2.47. The standard InChI is InChI=1S/C19H25ClO/c20-18-15(12-14-6-2-3-7-17(14)18)13-16-8-11-19(21-16)9-4-1-5-10-19/h2-3,6-7,15-16,18H,1,4-5,8-13H2. The molecule has 3 atom stereocenters. The van der Waals surface area contributed by atoms with Crippen LogP contribution in [-0.4, -0.2) is 11.7 Å². The van der Waals surface area contributed by atoms with Gasteiger partial charge in [0, 0.05) is 0 Å². The van der Waals surface area contributed by atoms with E-state index in [4.69, 9.17) is 16.3 Å². The lowest BCUT2D eigenvalue weighted by molar-refractivity contribution is -0.0696. The number of halogens is 1. The van der Waals surface area contributed by atoms with E-state index in [-0.39, 0.29) is 11.0 Å². The minimum atomic E-state index is 0.188. The third kappa shape index (κ3) is 2.64. The maximum absolute atomic E-state index is 6.71. The summed E-state index contributed by atoms with van der Waals surface area (Å²) < 4.78 is 6.54. The number of benzene rings is 1. The van der Waals surface area contributed by atoms with Crippen molar-refractivity contribution in [2.24, 2.45) is 5.92 Å². The number of hydrogen-bond acceptors (Lipinski definition) is 1. The average Bonchev–Trinajstić information content (AvgIpc) is 3.03. The van der Waals surface area contributed by atoms with Gasteiger partial charge in [-0.05, 0) is 55.6 Å². The van der Waals surface area contributed by atoms with Gasteiger partial charge in [0.25, 0.3) is 0 Å². The molecular formula is C19H25ClO. The van der Waals surface area contributed by atoms with Crippen molar-refractivity contribution in [3.05, 3.63) is 35.4 Å². The second-order valence-electron chi connectivity index (χ2n) is 7.32. The van der Waals surface area contributed by atoms with Crippen molar-refractivity contribution in [3.63, 3.8) is 0 Å². The van der Waals surface area contributed by atoms with Gasteiger partial charge in [0.15, 0.2) is 0 Å². The van der Waals surface area contributed by atoms with Crippen molar-refractivity contribution in [2.75, 3.05) is 0 Å². The highest BCUT2D eigenvalue weighted by atomic mass is 35.5. The first kappa shape index (κ1) is 14.1. The molecule has 0 aromatic heterocycles. The maximum Gasteiger partial charge on any atom is 0.0687 e. The Kier molecular flexibility index (Phi) is 3.75. The minimum absolute atomic E-state index is 0.188. The van der Waals surface area contributed by atoms with E-state index in [0.29, 0.717) is 12.0 Å². The summed E-state index contributed by atoms with van der Waals surface area (Å²) in [5.74, 6) is 0.563. The third-order valence-electron chi connectivity index (χ3n) is 5.92. The molecule has 1 aromatic rings. The van der Waals surface area contributed by atoms with E-state index in [2.05, 4.69) is 24.3 Å². The summed E-state index contributed by atoms with van der Waals surface area (Å²) in [5.41, 5.74) is 3.05. The lowest BCUT2D eigenvalue weighted by Gasteiger charge is -2.33. The van der Waals surface area contributed by atoms with Crippen LogP contribution < -0.4 is 0 Å². The first-order valence-electron chi connectivity index (χ1n) is 8.65. The van der Waals surface area contributed by atoms with E-state index >= 15 is 0 Å². The Morgan fingerprint density at radius 2 is 1.90 bits per heavy atom. The minimum Gasteiger partial charge on any atom is -0.372 e. The molecule has 0 amide bonds. The quantitative estimate of drug-likeness (QED) is 0.664. The number of ether oxygens (including phenoxy) is 1. The molecule has 1 aliphatic heterocycles.